The summed E-state index contributed by atoms with van der Waals surface area (Å²) in [5.41, 5.74) is 1.18. The van der Waals surface area contributed by atoms with Crippen molar-refractivity contribution >= 4 is 0 Å². The zero-order chi connectivity index (χ0) is 18.1. The molecule has 0 saturated heterocycles. The standard InChI is InChI=1S/C23H36F2/c1-3-5-7-9-10-18-12-14-19(15-13-18)21-17-16-20(11-8-6-4-2)22(24)23(21)25/h16-19H,3-15H2,1-2H3. The molecule has 0 aromatic heterocycles. The van der Waals surface area contributed by atoms with Crippen molar-refractivity contribution in [3.8, 4) is 0 Å². The Morgan fingerprint density at radius 2 is 1.48 bits per heavy atom. The van der Waals surface area contributed by atoms with Crippen LogP contribution in [0.2, 0.25) is 0 Å². The van der Waals surface area contributed by atoms with Gasteiger partial charge < -0.3 is 0 Å². The van der Waals surface area contributed by atoms with Crippen molar-refractivity contribution in [2.24, 2.45) is 5.92 Å². The highest BCUT2D eigenvalue weighted by atomic mass is 19.2. The van der Waals surface area contributed by atoms with Crippen LogP contribution in [0.25, 0.3) is 0 Å². The molecule has 1 saturated carbocycles. The summed E-state index contributed by atoms with van der Waals surface area (Å²) < 4.78 is 29.0. The Labute approximate surface area is 153 Å². The number of unbranched alkanes of at least 4 members (excludes halogenated alkanes) is 5. The van der Waals surface area contributed by atoms with Gasteiger partial charge in [0.2, 0.25) is 0 Å². The van der Waals surface area contributed by atoms with Crippen molar-refractivity contribution in [1.29, 1.82) is 0 Å². The van der Waals surface area contributed by atoms with Gasteiger partial charge >= 0.3 is 0 Å². The first-order chi connectivity index (χ1) is 12.2. The molecule has 0 radical (unpaired) electrons. The zero-order valence-electron chi connectivity index (χ0n) is 16.3. The van der Waals surface area contributed by atoms with Crippen LogP contribution in [0, 0.1) is 17.6 Å². The summed E-state index contributed by atoms with van der Waals surface area (Å²) in [6.45, 7) is 4.37. The molecule has 1 aliphatic carbocycles. The lowest BCUT2D eigenvalue weighted by Crippen LogP contribution is -2.15. The Hall–Kier alpha value is -0.920. The smallest absolute Gasteiger partial charge is 0.162 e. The molecule has 0 N–H and O–H groups in total. The molecule has 1 fully saturated rings. The predicted octanol–water partition coefficient (Wildman–Crippen LogP) is 7.94. The van der Waals surface area contributed by atoms with E-state index < -0.39 is 11.6 Å². The van der Waals surface area contributed by atoms with Gasteiger partial charge in [0, 0.05) is 0 Å². The van der Waals surface area contributed by atoms with E-state index in [-0.39, 0.29) is 5.92 Å². The van der Waals surface area contributed by atoms with Gasteiger partial charge in [-0.1, -0.05) is 70.9 Å². The summed E-state index contributed by atoms with van der Waals surface area (Å²) in [5.74, 6) is -0.142. The maximum Gasteiger partial charge on any atom is 0.162 e. The van der Waals surface area contributed by atoms with Gasteiger partial charge in [-0.25, -0.2) is 8.78 Å². The SMILES string of the molecule is CCCCCCC1CCC(c2ccc(CCCCC)c(F)c2F)CC1. The minimum atomic E-state index is -0.588. The third kappa shape index (κ3) is 6.08. The Morgan fingerprint density at radius 3 is 2.16 bits per heavy atom. The average Bonchev–Trinajstić information content (AvgIpc) is 2.63. The lowest BCUT2D eigenvalue weighted by atomic mass is 9.76. The third-order valence-corrected chi connectivity index (χ3v) is 5.99. The van der Waals surface area contributed by atoms with Crippen LogP contribution in [-0.4, -0.2) is 0 Å². The third-order valence-electron chi connectivity index (χ3n) is 5.99. The first kappa shape index (κ1) is 20.4. The Kier molecular flexibility index (Phi) is 8.92. The van der Waals surface area contributed by atoms with Crippen molar-refractivity contribution in [2.45, 2.75) is 103 Å². The Balaban J connectivity index is 1.87. The van der Waals surface area contributed by atoms with Gasteiger partial charge in [0.05, 0.1) is 0 Å². The Bertz CT molecular complexity index is 501. The summed E-state index contributed by atoms with van der Waals surface area (Å²) in [6, 6.07) is 3.70. The van der Waals surface area contributed by atoms with Crippen LogP contribution in [0.4, 0.5) is 8.78 Å². The number of hydrogen-bond donors (Lipinski definition) is 0. The molecule has 25 heavy (non-hydrogen) atoms. The zero-order valence-corrected chi connectivity index (χ0v) is 16.3. The van der Waals surface area contributed by atoms with Crippen LogP contribution in [0.15, 0.2) is 12.1 Å². The molecule has 0 unspecified atom stereocenters. The van der Waals surface area contributed by atoms with Crippen LogP contribution < -0.4 is 0 Å². The molecule has 142 valence electrons. The van der Waals surface area contributed by atoms with E-state index in [2.05, 4.69) is 13.8 Å². The molecular weight excluding hydrogens is 314 g/mol. The van der Waals surface area contributed by atoms with Crippen LogP contribution in [-0.2, 0) is 6.42 Å². The Morgan fingerprint density at radius 1 is 0.800 bits per heavy atom. The second-order valence-corrected chi connectivity index (χ2v) is 7.97. The first-order valence-corrected chi connectivity index (χ1v) is 10.6. The number of hydrogen-bond acceptors (Lipinski definition) is 0. The van der Waals surface area contributed by atoms with Crippen LogP contribution >= 0.6 is 0 Å². The lowest BCUT2D eigenvalue weighted by molar-refractivity contribution is 0.297. The van der Waals surface area contributed by atoms with Gasteiger partial charge in [0.1, 0.15) is 0 Å². The normalized spacial score (nSPS) is 20.8. The minimum Gasteiger partial charge on any atom is -0.203 e. The van der Waals surface area contributed by atoms with Crippen molar-refractivity contribution in [2.75, 3.05) is 0 Å². The largest absolute Gasteiger partial charge is 0.203 e. The van der Waals surface area contributed by atoms with Gasteiger partial charge in [-0.2, -0.15) is 0 Å². The molecular formula is C23H36F2. The molecule has 0 aliphatic heterocycles. The molecule has 0 spiro atoms. The van der Waals surface area contributed by atoms with Crippen molar-refractivity contribution in [3.05, 3.63) is 34.9 Å². The highest BCUT2D eigenvalue weighted by Crippen LogP contribution is 2.39. The fourth-order valence-corrected chi connectivity index (χ4v) is 4.30. The molecule has 0 atom stereocenters. The highest BCUT2D eigenvalue weighted by Gasteiger charge is 2.26. The number of aryl methyl sites for hydroxylation is 1. The maximum absolute atomic E-state index is 14.6. The fraction of sp³-hybridized carbons (Fsp3) is 0.739. The van der Waals surface area contributed by atoms with Gasteiger partial charge in [-0.15, -0.1) is 0 Å². The first-order valence-electron chi connectivity index (χ1n) is 10.6. The predicted molar refractivity (Wildman–Crippen MR) is 103 cm³/mol. The topological polar surface area (TPSA) is 0 Å². The van der Waals surface area contributed by atoms with Crippen molar-refractivity contribution < 1.29 is 8.78 Å². The molecule has 0 bridgehead atoms. The second kappa shape index (κ2) is 10.9. The van der Waals surface area contributed by atoms with Crippen LogP contribution in [0.1, 0.15) is 108 Å². The molecule has 0 heterocycles. The summed E-state index contributed by atoms with van der Waals surface area (Å²) in [4.78, 5) is 0. The molecule has 2 heteroatoms. The summed E-state index contributed by atoms with van der Waals surface area (Å²) >= 11 is 0. The van der Waals surface area contributed by atoms with E-state index in [4.69, 9.17) is 0 Å². The van der Waals surface area contributed by atoms with Crippen LogP contribution in [0.3, 0.4) is 0 Å². The van der Waals surface area contributed by atoms with Crippen molar-refractivity contribution in [1.82, 2.24) is 0 Å². The van der Waals surface area contributed by atoms with E-state index in [1.165, 1.54) is 44.9 Å². The minimum absolute atomic E-state index is 0.214. The van der Waals surface area contributed by atoms with E-state index in [0.717, 1.165) is 38.0 Å². The van der Waals surface area contributed by atoms with E-state index >= 15 is 0 Å². The fourth-order valence-electron chi connectivity index (χ4n) is 4.30. The van der Waals surface area contributed by atoms with Gasteiger partial charge in [0.25, 0.3) is 0 Å². The maximum atomic E-state index is 14.6. The summed E-state index contributed by atoms with van der Waals surface area (Å²) in [7, 11) is 0. The molecule has 1 aromatic carbocycles. The van der Waals surface area contributed by atoms with Crippen LogP contribution in [0.5, 0.6) is 0 Å². The average molecular weight is 351 g/mol. The molecule has 0 nitrogen and oxygen atoms in total. The molecule has 1 aromatic rings. The molecule has 2 rings (SSSR count). The number of benzene rings is 1. The van der Waals surface area contributed by atoms with E-state index in [9.17, 15) is 8.78 Å². The van der Waals surface area contributed by atoms with Gasteiger partial charge in [-0.3, -0.25) is 0 Å². The number of halogens is 2. The molecule has 1 aliphatic rings. The van der Waals surface area contributed by atoms with Gasteiger partial charge in [-0.05, 0) is 61.5 Å². The van der Waals surface area contributed by atoms with E-state index in [1.54, 1.807) is 0 Å². The van der Waals surface area contributed by atoms with Crippen molar-refractivity contribution in [3.63, 3.8) is 0 Å². The van der Waals surface area contributed by atoms with Gasteiger partial charge in [0.15, 0.2) is 11.6 Å². The lowest BCUT2D eigenvalue weighted by Gasteiger charge is -2.29. The second-order valence-electron chi connectivity index (χ2n) is 7.97. The quantitative estimate of drug-likeness (QED) is 0.376. The van der Waals surface area contributed by atoms with E-state index in [0.29, 0.717) is 17.5 Å². The summed E-state index contributed by atoms with van der Waals surface area (Å²) in [5, 5.41) is 0. The summed E-state index contributed by atoms with van der Waals surface area (Å²) in [6.07, 6.45) is 14.8. The molecule has 0 amide bonds. The monoisotopic (exact) mass is 350 g/mol. The number of rotatable bonds is 10. The highest BCUT2D eigenvalue weighted by molar-refractivity contribution is 5.29. The van der Waals surface area contributed by atoms with E-state index in [1.807, 2.05) is 12.1 Å².